The molecule has 0 bridgehead atoms. The molecule has 0 saturated carbocycles. The van der Waals surface area contributed by atoms with Crippen molar-refractivity contribution in [1.82, 2.24) is 10.2 Å². The Morgan fingerprint density at radius 3 is 2.23 bits per heavy atom. The lowest BCUT2D eigenvalue weighted by Gasteiger charge is -2.35. The molecule has 1 amide bonds. The molecule has 1 N–H and O–H groups in total. The summed E-state index contributed by atoms with van der Waals surface area (Å²) in [6.45, 7) is 2.71. The molecule has 26 heavy (non-hydrogen) atoms. The first kappa shape index (κ1) is 18.4. The van der Waals surface area contributed by atoms with Crippen LogP contribution in [0.3, 0.4) is 0 Å². The number of nitrogens with one attached hydrogen (secondary N) is 1. The van der Waals surface area contributed by atoms with Crippen LogP contribution in [0.1, 0.15) is 22.0 Å². The van der Waals surface area contributed by atoms with Gasteiger partial charge in [-0.05, 0) is 29.8 Å². The summed E-state index contributed by atoms with van der Waals surface area (Å²) in [4.78, 5) is 14.4. The second kappa shape index (κ2) is 8.33. The average molecular weight is 364 g/mol. The zero-order chi connectivity index (χ0) is 18.5. The molecule has 1 aliphatic heterocycles. The zero-order valence-corrected chi connectivity index (χ0v) is 14.1. The first-order valence-electron chi connectivity index (χ1n) is 8.34. The number of amides is 1. The maximum absolute atomic E-state index is 13.3. The van der Waals surface area contributed by atoms with Crippen LogP contribution in [-0.2, 0) is 4.74 Å². The minimum Gasteiger partial charge on any atom is -0.379 e. The standard InChI is InChI=1S/C19H19F3N2O2/c20-15-3-1-13(2-4-15)18(24-5-7-26-8-6-24)12-23-19(25)14-9-16(21)11-17(22)10-14/h1-4,9-11,18H,5-8,12H2,(H,23,25). The topological polar surface area (TPSA) is 41.6 Å². The minimum atomic E-state index is -0.807. The summed E-state index contributed by atoms with van der Waals surface area (Å²) in [7, 11) is 0. The highest BCUT2D eigenvalue weighted by Crippen LogP contribution is 2.22. The largest absolute Gasteiger partial charge is 0.379 e. The summed E-state index contributed by atoms with van der Waals surface area (Å²) >= 11 is 0. The summed E-state index contributed by atoms with van der Waals surface area (Å²) in [6, 6.07) is 8.57. The predicted molar refractivity (Wildman–Crippen MR) is 90.2 cm³/mol. The molecule has 1 unspecified atom stereocenters. The van der Waals surface area contributed by atoms with Gasteiger partial charge in [-0.25, -0.2) is 13.2 Å². The molecular formula is C19H19F3N2O2. The second-order valence-corrected chi connectivity index (χ2v) is 6.08. The second-order valence-electron chi connectivity index (χ2n) is 6.08. The lowest BCUT2D eigenvalue weighted by Crippen LogP contribution is -2.43. The Labute approximate surface area is 149 Å². The first-order valence-corrected chi connectivity index (χ1v) is 8.34. The van der Waals surface area contributed by atoms with E-state index in [1.807, 2.05) is 0 Å². The van der Waals surface area contributed by atoms with Crippen molar-refractivity contribution in [3.8, 4) is 0 Å². The number of hydrogen-bond donors (Lipinski definition) is 1. The van der Waals surface area contributed by atoms with Crippen molar-refractivity contribution in [1.29, 1.82) is 0 Å². The third-order valence-corrected chi connectivity index (χ3v) is 4.32. The molecule has 2 aromatic carbocycles. The van der Waals surface area contributed by atoms with E-state index in [0.717, 1.165) is 17.7 Å². The van der Waals surface area contributed by atoms with Gasteiger partial charge in [-0.3, -0.25) is 9.69 Å². The van der Waals surface area contributed by atoms with Gasteiger partial charge < -0.3 is 10.1 Å². The summed E-state index contributed by atoms with van der Waals surface area (Å²) < 4.78 is 45.2. The van der Waals surface area contributed by atoms with Crippen molar-refractivity contribution >= 4 is 5.91 Å². The van der Waals surface area contributed by atoms with E-state index in [1.54, 1.807) is 12.1 Å². The van der Waals surface area contributed by atoms with Crippen molar-refractivity contribution in [3.05, 3.63) is 71.0 Å². The quantitative estimate of drug-likeness (QED) is 0.887. The lowest BCUT2D eigenvalue weighted by atomic mass is 10.0. The van der Waals surface area contributed by atoms with E-state index in [1.165, 1.54) is 12.1 Å². The van der Waals surface area contributed by atoms with Crippen LogP contribution in [0.15, 0.2) is 42.5 Å². The molecule has 138 valence electrons. The molecule has 4 nitrogen and oxygen atoms in total. The van der Waals surface area contributed by atoms with Crippen molar-refractivity contribution in [3.63, 3.8) is 0 Å². The fraction of sp³-hybridized carbons (Fsp3) is 0.316. The summed E-state index contributed by atoms with van der Waals surface area (Å²) in [5, 5.41) is 2.72. The molecule has 0 spiro atoms. The van der Waals surface area contributed by atoms with Crippen LogP contribution in [0, 0.1) is 17.5 Å². The average Bonchev–Trinajstić information content (AvgIpc) is 2.63. The highest BCUT2D eigenvalue weighted by atomic mass is 19.1. The van der Waals surface area contributed by atoms with Gasteiger partial charge in [0.2, 0.25) is 0 Å². The highest BCUT2D eigenvalue weighted by Gasteiger charge is 2.23. The molecule has 1 aliphatic rings. The van der Waals surface area contributed by atoms with Gasteiger partial charge >= 0.3 is 0 Å². The van der Waals surface area contributed by atoms with Crippen LogP contribution in [0.2, 0.25) is 0 Å². The molecule has 1 atom stereocenters. The molecule has 0 aromatic heterocycles. The Balaban J connectivity index is 1.74. The highest BCUT2D eigenvalue weighted by molar-refractivity contribution is 5.94. The SMILES string of the molecule is O=C(NCC(c1ccc(F)cc1)N1CCOCC1)c1cc(F)cc(F)c1. The van der Waals surface area contributed by atoms with Crippen LogP contribution in [-0.4, -0.2) is 43.7 Å². The fourth-order valence-corrected chi connectivity index (χ4v) is 3.01. The Bertz CT molecular complexity index is 742. The minimum absolute atomic E-state index is 0.0812. The van der Waals surface area contributed by atoms with Gasteiger partial charge in [0.05, 0.1) is 19.3 Å². The molecule has 0 aliphatic carbocycles. The Morgan fingerprint density at radius 2 is 1.62 bits per heavy atom. The number of rotatable bonds is 5. The van der Waals surface area contributed by atoms with Crippen LogP contribution in [0.4, 0.5) is 13.2 Å². The third-order valence-electron chi connectivity index (χ3n) is 4.32. The summed E-state index contributed by atoms with van der Waals surface area (Å²) in [6.07, 6.45) is 0. The lowest BCUT2D eigenvalue weighted by molar-refractivity contribution is 0.0162. The van der Waals surface area contributed by atoms with E-state index < -0.39 is 17.5 Å². The Hall–Kier alpha value is -2.38. The Morgan fingerprint density at radius 1 is 1.00 bits per heavy atom. The molecule has 1 heterocycles. The number of morpholine rings is 1. The predicted octanol–water partition coefficient (Wildman–Crippen LogP) is 2.91. The summed E-state index contributed by atoms with van der Waals surface area (Å²) in [5.41, 5.74) is 0.765. The van der Waals surface area contributed by atoms with E-state index in [2.05, 4.69) is 10.2 Å². The monoisotopic (exact) mass is 364 g/mol. The van der Waals surface area contributed by atoms with Crippen molar-refractivity contribution < 1.29 is 22.7 Å². The molecule has 1 fully saturated rings. The third kappa shape index (κ3) is 4.62. The normalized spacial score (nSPS) is 16.3. The van der Waals surface area contributed by atoms with E-state index >= 15 is 0 Å². The molecule has 1 saturated heterocycles. The first-order chi connectivity index (χ1) is 12.5. The number of ether oxygens (including phenoxy) is 1. The van der Waals surface area contributed by atoms with Gasteiger partial charge in [-0.15, -0.1) is 0 Å². The maximum atomic E-state index is 13.3. The van der Waals surface area contributed by atoms with Gasteiger partial charge in [0, 0.05) is 31.3 Å². The Kier molecular flexibility index (Phi) is 5.90. The van der Waals surface area contributed by atoms with Crippen molar-refractivity contribution in [2.75, 3.05) is 32.8 Å². The van der Waals surface area contributed by atoms with Gasteiger partial charge in [-0.1, -0.05) is 12.1 Å². The van der Waals surface area contributed by atoms with E-state index in [-0.39, 0.29) is 24.0 Å². The number of benzene rings is 2. The van der Waals surface area contributed by atoms with Crippen molar-refractivity contribution in [2.24, 2.45) is 0 Å². The van der Waals surface area contributed by atoms with Crippen LogP contribution < -0.4 is 5.32 Å². The van der Waals surface area contributed by atoms with Gasteiger partial charge in [-0.2, -0.15) is 0 Å². The fourth-order valence-electron chi connectivity index (χ4n) is 3.01. The van der Waals surface area contributed by atoms with Crippen LogP contribution in [0.25, 0.3) is 0 Å². The van der Waals surface area contributed by atoms with Gasteiger partial charge in [0.15, 0.2) is 0 Å². The smallest absolute Gasteiger partial charge is 0.251 e. The molecule has 3 rings (SSSR count). The van der Waals surface area contributed by atoms with Gasteiger partial charge in [0.25, 0.3) is 5.91 Å². The van der Waals surface area contributed by atoms with E-state index in [0.29, 0.717) is 32.4 Å². The maximum Gasteiger partial charge on any atom is 0.251 e. The number of halogens is 3. The molecule has 7 heteroatoms. The summed E-state index contributed by atoms with van der Waals surface area (Å²) in [5.74, 6) is -2.52. The van der Waals surface area contributed by atoms with E-state index in [9.17, 15) is 18.0 Å². The van der Waals surface area contributed by atoms with Crippen molar-refractivity contribution in [2.45, 2.75) is 6.04 Å². The number of carbonyl (C=O) groups is 1. The zero-order valence-electron chi connectivity index (χ0n) is 14.1. The van der Waals surface area contributed by atoms with E-state index in [4.69, 9.17) is 4.74 Å². The number of carbonyl (C=O) groups excluding carboxylic acids is 1. The van der Waals surface area contributed by atoms with Crippen LogP contribution >= 0.6 is 0 Å². The molecule has 0 radical (unpaired) electrons. The number of nitrogens with zero attached hydrogens (tertiary/aromatic N) is 1. The van der Waals surface area contributed by atoms with Gasteiger partial charge in [0.1, 0.15) is 17.5 Å². The molecule has 2 aromatic rings. The number of hydrogen-bond acceptors (Lipinski definition) is 3. The molecular weight excluding hydrogens is 345 g/mol. The van der Waals surface area contributed by atoms with Crippen LogP contribution in [0.5, 0.6) is 0 Å².